The fourth-order valence-electron chi connectivity index (χ4n) is 3.46. The number of amides is 1. The lowest BCUT2D eigenvalue weighted by Crippen LogP contribution is -2.36. The third-order valence-corrected chi connectivity index (χ3v) is 4.62. The molecule has 3 aromatic rings. The second kappa shape index (κ2) is 5.41. The molecular weight excluding hydrogens is 303 g/mol. The van der Waals surface area contributed by atoms with E-state index >= 15 is 0 Å². The van der Waals surface area contributed by atoms with E-state index in [0.29, 0.717) is 22.2 Å². The third kappa shape index (κ3) is 2.26. The van der Waals surface area contributed by atoms with Gasteiger partial charge in [0.2, 0.25) is 0 Å². The Hall–Kier alpha value is -2.75. The predicted molar refractivity (Wildman–Crippen MR) is 92.9 cm³/mol. The van der Waals surface area contributed by atoms with Gasteiger partial charge in [0.15, 0.2) is 0 Å². The molecule has 1 aliphatic rings. The van der Waals surface area contributed by atoms with E-state index in [1.807, 2.05) is 36.9 Å². The summed E-state index contributed by atoms with van der Waals surface area (Å²) in [7, 11) is 0. The van der Waals surface area contributed by atoms with E-state index in [-0.39, 0.29) is 17.8 Å². The van der Waals surface area contributed by atoms with Crippen LogP contribution in [0.5, 0.6) is 0 Å². The molecule has 4 heteroatoms. The van der Waals surface area contributed by atoms with E-state index in [9.17, 15) is 9.18 Å². The van der Waals surface area contributed by atoms with Crippen LogP contribution in [-0.4, -0.2) is 16.9 Å². The van der Waals surface area contributed by atoms with Gasteiger partial charge in [-0.15, -0.1) is 0 Å². The second-order valence-electron chi connectivity index (χ2n) is 6.32. The number of carbonyl (C=O) groups excluding carboxylic acids is 1. The van der Waals surface area contributed by atoms with Crippen molar-refractivity contribution in [2.75, 3.05) is 4.90 Å². The average Bonchev–Trinajstić information content (AvgIpc) is 2.89. The maximum atomic E-state index is 13.5. The van der Waals surface area contributed by atoms with Gasteiger partial charge < -0.3 is 4.90 Å². The SMILES string of the molecule is Cc1nc2ccc(F)cc2cc1C(=O)N1c2ccccc2CC1C. The number of carbonyl (C=O) groups is 1. The molecule has 0 saturated carbocycles. The van der Waals surface area contributed by atoms with Crippen LogP contribution in [0, 0.1) is 12.7 Å². The number of fused-ring (bicyclic) bond motifs is 2. The van der Waals surface area contributed by atoms with Gasteiger partial charge in [0, 0.05) is 17.1 Å². The highest BCUT2D eigenvalue weighted by atomic mass is 19.1. The Morgan fingerprint density at radius 3 is 2.83 bits per heavy atom. The van der Waals surface area contributed by atoms with Gasteiger partial charge in [0.05, 0.1) is 16.8 Å². The van der Waals surface area contributed by atoms with Crippen molar-refractivity contribution in [2.45, 2.75) is 26.3 Å². The Morgan fingerprint density at radius 2 is 2.00 bits per heavy atom. The van der Waals surface area contributed by atoms with Crippen LogP contribution in [0.25, 0.3) is 10.9 Å². The smallest absolute Gasteiger partial charge is 0.260 e. The van der Waals surface area contributed by atoms with Crippen LogP contribution in [0.15, 0.2) is 48.5 Å². The van der Waals surface area contributed by atoms with Gasteiger partial charge in [0.1, 0.15) is 5.82 Å². The Labute approximate surface area is 139 Å². The number of anilines is 1. The number of pyridine rings is 1. The van der Waals surface area contributed by atoms with Crippen molar-refractivity contribution in [2.24, 2.45) is 0 Å². The first-order chi connectivity index (χ1) is 11.5. The van der Waals surface area contributed by atoms with Crippen molar-refractivity contribution in [1.82, 2.24) is 4.98 Å². The first-order valence-corrected chi connectivity index (χ1v) is 8.03. The molecule has 0 aliphatic carbocycles. The zero-order valence-corrected chi connectivity index (χ0v) is 13.6. The minimum atomic E-state index is -0.327. The molecule has 24 heavy (non-hydrogen) atoms. The molecule has 120 valence electrons. The molecule has 1 amide bonds. The molecule has 0 saturated heterocycles. The van der Waals surface area contributed by atoms with E-state index in [2.05, 4.69) is 11.1 Å². The highest BCUT2D eigenvalue weighted by Gasteiger charge is 2.32. The van der Waals surface area contributed by atoms with E-state index in [4.69, 9.17) is 0 Å². The van der Waals surface area contributed by atoms with Crippen LogP contribution in [0.1, 0.15) is 28.5 Å². The summed E-state index contributed by atoms with van der Waals surface area (Å²) in [6.45, 7) is 3.87. The van der Waals surface area contributed by atoms with Crippen LogP contribution in [-0.2, 0) is 6.42 Å². The van der Waals surface area contributed by atoms with Gasteiger partial charge >= 0.3 is 0 Å². The van der Waals surface area contributed by atoms with Crippen LogP contribution in [0.4, 0.5) is 10.1 Å². The van der Waals surface area contributed by atoms with Crippen LogP contribution in [0.2, 0.25) is 0 Å². The van der Waals surface area contributed by atoms with Gasteiger partial charge in [-0.1, -0.05) is 18.2 Å². The molecule has 0 fully saturated rings. The van der Waals surface area contributed by atoms with E-state index in [0.717, 1.165) is 12.1 Å². The largest absolute Gasteiger partial charge is 0.305 e. The van der Waals surface area contributed by atoms with Crippen LogP contribution < -0.4 is 4.90 Å². The fraction of sp³-hybridized carbons (Fsp3) is 0.200. The first-order valence-electron chi connectivity index (χ1n) is 8.03. The Morgan fingerprint density at radius 1 is 1.21 bits per heavy atom. The second-order valence-corrected chi connectivity index (χ2v) is 6.32. The van der Waals surface area contributed by atoms with E-state index < -0.39 is 0 Å². The molecule has 1 atom stereocenters. The minimum Gasteiger partial charge on any atom is -0.305 e. The summed E-state index contributed by atoms with van der Waals surface area (Å²) in [6.07, 6.45) is 0.844. The summed E-state index contributed by atoms with van der Waals surface area (Å²) < 4.78 is 13.5. The number of para-hydroxylation sites is 1. The Bertz CT molecular complexity index is 967. The zero-order valence-electron chi connectivity index (χ0n) is 13.6. The molecular formula is C20H17FN2O. The summed E-state index contributed by atoms with van der Waals surface area (Å²) in [5.41, 5.74) is 4.01. The fourth-order valence-corrected chi connectivity index (χ4v) is 3.46. The number of benzene rings is 2. The number of hydrogen-bond acceptors (Lipinski definition) is 2. The molecule has 0 spiro atoms. The number of hydrogen-bond donors (Lipinski definition) is 0. The molecule has 2 heterocycles. The summed E-state index contributed by atoms with van der Waals surface area (Å²) in [5, 5.41) is 0.643. The highest BCUT2D eigenvalue weighted by molar-refractivity contribution is 6.09. The monoisotopic (exact) mass is 320 g/mol. The normalized spacial score (nSPS) is 16.5. The number of nitrogens with zero attached hydrogens (tertiary/aromatic N) is 2. The van der Waals surface area contributed by atoms with Gasteiger partial charge in [0.25, 0.3) is 5.91 Å². The third-order valence-electron chi connectivity index (χ3n) is 4.62. The highest BCUT2D eigenvalue weighted by Crippen LogP contribution is 2.33. The average molecular weight is 320 g/mol. The van der Waals surface area contributed by atoms with Crippen molar-refractivity contribution >= 4 is 22.5 Å². The molecule has 3 nitrogen and oxygen atoms in total. The van der Waals surface area contributed by atoms with Crippen molar-refractivity contribution in [1.29, 1.82) is 0 Å². The van der Waals surface area contributed by atoms with Crippen molar-refractivity contribution < 1.29 is 9.18 Å². The molecule has 1 aromatic heterocycles. The summed E-state index contributed by atoms with van der Waals surface area (Å²) in [5.74, 6) is -0.407. The number of rotatable bonds is 1. The molecule has 0 radical (unpaired) electrons. The van der Waals surface area contributed by atoms with Gasteiger partial charge in [-0.3, -0.25) is 9.78 Å². The van der Waals surface area contributed by atoms with E-state index in [1.54, 1.807) is 12.1 Å². The lowest BCUT2D eigenvalue weighted by Gasteiger charge is -2.23. The zero-order chi connectivity index (χ0) is 16.8. The topological polar surface area (TPSA) is 33.2 Å². The molecule has 0 bridgehead atoms. The van der Waals surface area contributed by atoms with Gasteiger partial charge in [-0.2, -0.15) is 0 Å². The quantitative estimate of drug-likeness (QED) is 0.671. The molecule has 0 N–H and O–H groups in total. The standard InChI is InChI=1S/C20H17FN2O/c1-12-9-14-5-3-4-6-19(14)23(12)20(24)17-11-15-10-16(21)7-8-18(15)22-13(17)2/h3-8,10-12H,9H2,1-2H3. The first kappa shape index (κ1) is 14.8. The molecule has 1 unspecified atom stereocenters. The van der Waals surface area contributed by atoms with Crippen LogP contribution in [0.3, 0.4) is 0 Å². The van der Waals surface area contributed by atoms with E-state index in [1.165, 1.54) is 17.7 Å². The number of aromatic nitrogens is 1. The van der Waals surface area contributed by atoms with Crippen molar-refractivity contribution in [3.05, 3.63) is 71.2 Å². The summed E-state index contributed by atoms with van der Waals surface area (Å²) in [6, 6.07) is 14.2. The summed E-state index contributed by atoms with van der Waals surface area (Å²) >= 11 is 0. The maximum Gasteiger partial charge on any atom is 0.260 e. The van der Waals surface area contributed by atoms with Gasteiger partial charge in [-0.05, 0) is 56.2 Å². The van der Waals surface area contributed by atoms with Crippen molar-refractivity contribution in [3.8, 4) is 0 Å². The Kier molecular flexibility index (Phi) is 3.34. The lowest BCUT2D eigenvalue weighted by atomic mass is 10.1. The van der Waals surface area contributed by atoms with Crippen LogP contribution >= 0.6 is 0 Å². The molecule has 4 rings (SSSR count). The predicted octanol–water partition coefficient (Wildman–Crippen LogP) is 4.27. The lowest BCUT2D eigenvalue weighted by molar-refractivity contribution is 0.0980. The van der Waals surface area contributed by atoms with Gasteiger partial charge in [-0.25, -0.2) is 4.39 Å². The molecule has 2 aromatic carbocycles. The molecule has 1 aliphatic heterocycles. The summed E-state index contributed by atoms with van der Waals surface area (Å²) in [4.78, 5) is 19.5. The maximum absolute atomic E-state index is 13.5. The minimum absolute atomic E-state index is 0.0800. The Balaban J connectivity index is 1.82. The number of aryl methyl sites for hydroxylation is 1. The number of halogens is 1. The van der Waals surface area contributed by atoms with Crippen molar-refractivity contribution in [3.63, 3.8) is 0 Å².